The van der Waals surface area contributed by atoms with E-state index in [1.165, 1.54) is 12.1 Å². The number of nitrogens with zero attached hydrogens (tertiary/aromatic N) is 1. The maximum atomic E-state index is 13.2. The van der Waals surface area contributed by atoms with Gasteiger partial charge < -0.3 is 10.6 Å². The van der Waals surface area contributed by atoms with Crippen molar-refractivity contribution >= 4 is 23.5 Å². The number of anilines is 1. The Hall–Kier alpha value is -3.36. The first-order chi connectivity index (χ1) is 14.2. The van der Waals surface area contributed by atoms with E-state index in [-0.39, 0.29) is 0 Å². The van der Waals surface area contributed by atoms with Gasteiger partial charge in [0.05, 0.1) is 11.3 Å². The van der Waals surface area contributed by atoms with Crippen LogP contribution in [0.15, 0.2) is 48.5 Å². The molecule has 0 bridgehead atoms. The lowest BCUT2D eigenvalue weighted by molar-refractivity contribution is -0.137. The van der Waals surface area contributed by atoms with Crippen molar-refractivity contribution in [1.29, 1.82) is 0 Å². The number of amides is 4. The summed E-state index contributed by atoms with van der Waals surface area (Å²) in [5.74, 6) is -1.46. The third-order valence-corrected chi connectivity index (χ3v) is 5.46. The fraction of sp³-hybridized carbons (Fsp3) is 0.286. The molecule has 9 heteroatoms. The Bertz CT molecular complexity index is 1040. The second-order valence-electron chi connectivity index (χ2n) is 7.33. The normalized spacial score (nSPS) is 20.8. The molecule has 0 saturated carbocycles. The van der Waals surface area contributed by atoms with Gasteiger partial charge in [0.15, 0.2) is 0 Å². The molecule has 1 heterocycles. The maximum Gasteiger partial charge on any atom is 0.418 e. The molecule has 2 aromatic carbocycles. The number of hydrogen-bond acceptors (Lipinski definition) is 3. The van der Waals surface area contributed by atoms with E-state index in [1.54, 1.807) is 12.1 Å². The Kier molecular flexibility index (Phi) is 4.76. The molecule has 1 atom stereocenters. The van der Waals surface area contributed by atoms with Crippen LogP contribution in [0.2, 0.25) is 0 Å². The third kappa shape index (κ3) is 3.30. The number of fused-ring (bicyclic) bond motifs is 2. The van der Waals surface area contributed by atoms with Crippen LogP contribution in [0.4, 0.5) is 23.7 Å². The van der Waals surface area contributed by atoms with Crippen LogP contribution in [0.25, 0.3) is 0 Å². The molecular weight excluding hydrogens is 399 g/mol. The summed E-state index contributed by atoms with van der Waals surface area (Å²) in [5, 5.41) is 4.87. The highest BCUT2D eigenvalue weighted by atomic mass is 19.4. The van der Waals surface area contributed by atoms with Crippen molar-refractivity contribution in [1.82, 2.24) is 10.2 Å². The van der Waals surface area contributed by atoms with Crippen LogP contribution in [-0.4, -0.2) is 29.3 Å². The van der Waals surface area contributed by atoms with Crippen LogP contribution in [-0.2, 0) is 27.7 Å². The third-order valence-electron chi connectivity index (χ3n) is 5.46. The summed E-state index contributed by atoms with van der Waals surface area (Å²) in [6.07, 6.45) is -2.80. The van der Waals surface area contributed by atoms with E-state index in [0.717, 1.165) is 29.0 Å². The zero-order valence-electron chi connectivity index (χ0n) is 15.8. The van der Waals surface area contributed by atoms with Crippen molar-refractivity contribution < 1.29 is 27.6 Å². The average Bonchev–Trinajstić information content (AvgIpc) is 2.93. The number of benzene rings is 2. The number of para-hydroxylation sites is 1. The van der Waals surface area contributed by atoms with E-state index in [0.29, 0.717) is 18.4 Å². The number of alkyl halides is 3. The number of urea groups is 1. The van der Waals surface area contributed by atoms with Gasteiger partial charge in [-0.2, -0.15) is 13.2 Å². The summed E-state index contributed by atoms with van der Waals surface area (Å²) in [6.45, 7) is -0.680. The molecule has 1 saturated heterocycles. The largest absolute Gasteiger partial charge is 0.418 e. The lowest BCUT2D eigenvalue weighted by Crippen LogP contribution is -2.47. The zero-order valence-corrected chi connectivity index (χ0v) is 15.8. The molecule has 0 radical (unpaired) electrons. The van der Waals surface area contributed by atoms with Gasteiger partial charge in [-0.1, -0.05) is 36.4 Å². The first-order valence-corrected chi connectivity index (χ1v) is 9.41. The van der Waals surface area contributed by atoms with E-state index in [1.807, 2.05) is 12.1 Å². The first kappa shape index (κ1) is 19.9. The summed E-state index contributed by atoms with van der Waals surface area (Å²) in [7, 11) is 0. The molecule has 4 rings (SSSR count). The van der Waals surface area contributed by atoms with Gasteiger partial charge in [-0.3, -0.25) is 14.5 Å². The summed E-state index contributed by atoms with van der Waals surface area (Å²) < 4.78 is 39.4. The van der Waals surface area contributed by atoms with Crippen LogP contribution in [0.1, 0.15) is 29.5 Å². The Balaban J connectivity index is 1.55. The molecule has 4 amide bonds. The smallest absolute Gasteiger partial charge is 0.324 e. The van der Waals surface area contributed by atoms with Crippen LogP contribution in [0, 0.1) is 0 Å². The zero-order chi connectivity index (χ0) is 21.5. The summed E-state index contributed by atoms with van der Waals surface area (Å²) >= 11 is 0. The number of halogens is 3. The predicted octanol–water partition coefficient (Wildman–Crippen LogP) is 3.43. The molecule has 2 N–H and O–H groups in total. The molecule has 2 aliphatic rings. The highest BCUT2D eigenvalue weighted by Crippen LogP contribution is 2.40. The van der Waals surface area contributed by atoms with Gasteiger partial charge in [-0.25, -0.2) is 4.79 Å². The minimum Gasteiger partial charge on any atom is -0.324 e. The molecule has 1 aliphatic carbocycles. The van der Waals surface area contributed by atoms with Gasteiger partial charge in [0.2, 0.25) is 5.91 Å². The minimum absolute atomic E-state index is 0.392. The molecule has 30 heavy (non-hydrogen) atoms. The van der Waals surface area contributed by atoms with Gasteiger partial charge in [-0.05, 0) is 42.5 Å². The van der Waals surface area contributed by atoms with Gasteiger partial charge in [0.25, 0.3) is 5.91 Å². The Morgan fingerprint density at radius 3 is 2.57 bits per heavy atom. The highest BCUT2D eigenvalue weighted by Gasteiger charge is 2.54. The monoisotopic (exact) mass is 417 g/mol. The molecule has 1 spiro atoms. The summed E-state index contributed by atoms with van der Waals surface area (Å²) in [6, 6.07) is 11.1. The highest BCUT2D eigenvalue weighted by molar-refractivity contribution is 6.10. The van der Waals surface area contributed by atoms with Crippen molar-refractivity contribution in [3.63, 3.8) is 0 Å². The molecule has 156 valence electrons. The Morgan fingerprint density at radius 1 is 1.10 bits per heavy atom. The van der Waals surface area contributed by atoms with E-state index in [9.17, 15) is 27.6 Å². The molecule has 0 unspecified atom stereocenters. The van der Waals surface area contributed by atoms with Gasteiger partial charge >= 0.3 is 12.2 Å². The molecule has 1 fully saturated rings. The number of nitrogens with one attached hydrogen (secondary N) is 2. The molecule has 2 aromatic rings. The number of hydrogen-bond donors (Lipinski definition) is 2. The van der Waals surface area contributed by atoms with Crippen LogP contribution in [0.5, 0.6) is 0 Å². The second-order valence-corrected chi connectivity index (χ2v) is 7.33. The van der Waals surface area contributed by atoms with E-state index in [2.05, 4.69) is 10.6 Å². The van der Waals surface area contributed by atoms with Crippen LogP contribution >= 0.6 is 0 Å². The number of carbonyl (C=O) groups is 3. The quantitative estimate of drug-likeness (QED) is 0.752. The van der Waals surface area contributed by atoms with Crippen molar-refractivity contribution in [3.05, 3.63) is 65.2 Å². The fourth-order valence-electron chi connectivity index (χ4n) is 4.13. The lowest BCUT2D eigenvalue weighted by Gasteiger charge is -2.33. The van der Waals surface area contributed by atoms with Crippen molar-refractivity contribution in [3.8, 4) is 0 Å². The molecule has 6 nitrogen and oxygen atoms in total. The summed E-state index contributed by atoms with van der Waals surface area (Å²) in [5.41, 5.74) is -1.04. The molecule has 0 aromatic heterocycles. The van der Waals surface area contributed by atoms with E-state index < -0.39 is 47.4 Å². The average molecular weight is 417 g/mol. The SMILES string of the molecule is O=C(CN1C(=O)N[C@]2(CCCc3ccccc32)C1=O)Nc1ccccc1C(F)(F)F. The lowest BCUT2D eigenvalue weighted by atomic mass is 9.76. The number of rotatable bonds is 3. The Morgan fingerprint density at radius 2 is 1.80 bits per heavy atom. The predicted molar refractivity (Wildman–Crippen MR) is 101 cm³/mol. The maximum absolute atomic E-state index is 13.2. The number of imide groups is 1. The van der Waals surface area contributed by atoms with Crippen molar-refractivity contribution in [2.45, 2.75) is 31.0 Å². The molecule has 1 aliphatic heterocycles. The van der Waals surface area contributed by atoms with Crippen LogP contribution in [0.3, 0.4) is 0 Å². The standard InChI is InChI=1S/C21H18F3N3O3/c22-21(23,24)15-9-3-4-10-16(15)25-17(28)12-27-18(29)20(26-19(27)30)11-5-7-13-6-1-2-8-14(13)20/h1-4,6,8-10H,5,7,11-12H2,(H,25,28)(H,26,30)/t20-/m0/s1. The van der Waals surface area contributed by atoms with Gasteiger partial charge in [-0.15, -0.1) is 0 Å². The van der Waals surface area contributed by atoms with Gasteiger partial charge in [0.1, 0.15) is 12.1 Å². The van der Waals surface area contributed by atoms with Gasteiger partial charge in [0, 0.05) is 0 Å². The van der Waals surface area contributed by atoms with Crippen molar-refractivity contribution in [2.24, 2.45) is 0 Å². The second kappa shape index (κ2) is 7.16. The minimum atomic E-state index is -4.65. The first-order valence-electron chi connectivity index (χ1n) is 9.41. The van der Waals surface area contributed by atoms with E-state index >= 15 is 0 Å². The topological polar surface area (TPSA) is 78.5 Å². The van der Waals surface area contributed by atoms with Crippen LogP contribution < -0.4 is 10.6 Å². The fourth-order valence-corrected chi connectivity index (χ4v) is 4.13. The van der Waals surface area contributed by atoms with E-state index in [4.69, 9.17) is 0 Å². The number of aryl methyl sites for hydroxylation is 1. The number of carbonyl (C=O) groups excluding carboxylic acids is 3. The molecular formula is C21H18F3N3O3. The summed E-state index contributed by atoms with van der Waals surface area (Å²) in [4.78, 5) is 38.8. The Labute approximate surface area is 170 Å². The van der Waals surface area contributed by atoms with Crippen molar-refractivity contribution in [2.75, 3.05) is 11.9 Å².